The van der Waals surface area contributed by atoms with Gasteiger partial charge in [-0.3, -0.25) is 14.5 Å². The molecule has 2 saturated heterocycles. The minimum Gasteiger partial charge on any atom is -0.507 e. The molecule has 4 rings (SSSR count). The van der Waals surface area contributed by atoms with Crippen LogP contribution in [-0.4, -0.2) is 73.1 Å². The zero-order valence-electron chi connectivity index (χ0n) is 17.0. The Morgan fingerprint density at radius 2 is 2.03 bits per heavy atom. The SMILES string of the molecule is COc1ccc(F)cc1C(O)=C1C(=O)C(=O)N(CCN2CCOCC2)[C@H]1c1cccs1. The molecule has 2 fully saturated rings. The Balaban J connectivity index is 1.74. The van der Waals surface area contributed by atoms with E-state index in [1.807, 2.05) is 17.5 Å². The Hall–Kier alpha value is -2.75. The third-order valence-electron chi connectivity index (χ3n) is 5.53. The van der Waals surface area contributed by atoms with Crippen LogP contribution in [0.1, 0.15) is 16.5 Å². The number of aliphatic hydroxyl groups is 1. The van der Waals surface area contributed by atoms with Crippen LogP contribution in [0.4, 0.5) is 4.39 Å². The van der Waals surface area contributed by atoms with E-state index < -0.39 is 29.3 Å². The lowest BCUT2D eigenvalue weighted by molar-refractivity contribution is -0.140. The van der Waals surface area contributed by atoms with E-state index in [9.17, 15) is 19.1 Å². The number of carbonyl (C=O) groups is 2. The van der Waals surface area contributed by atoms with Crippen molar-refractivity contribution in [3.8, 4) is 5.75 Å². The van der Waals surface area contributed by atoms with Gasteiger partial charge in [-0.25, -0.2) is 4.39 Å². The van der Waals surface area contributed by atoms with Crippen LogP contribution < -0.4 is 4.74 Å². The molecule has 0 radical (unpaired) electrons. The third-order valence-corrected chi connectivity index (χ3v) is 6.45. The van der Waals surface area contributed by atoms with Crippen molar-refractivity contribution in [2.24, 2.45) is 0 Å². The molecule has 1 aromatic carbocycles. The van der Waals surface area contributed by atoms with Gasteiger partial charge in [0.05, 0.1) is 37.5 Å². The van der Waals surface area contributed by atoms with Gasteiger partial charge in [0.2, 0.25) is 0 Å². The Morgan fingerprint density at radius 3 is 2.71 bits per heavy atom. The van der Waals surface area contributed by atoms with Crippen LogP contribution in [0.2, 0.25) is 0 Å². The number of methoxy groups -OCH3 is 1. The molecule has 1 amide bonds. The van der Waals surface area contributed by atoms with Gasteiger partial charge < -0.3 is 19.5 Å². The van der Waals surface area contributed by atoms with Crippen molar-refractivity contribution in [1.29, 1.82) is 0 Å². The second kappa shape index (κ2) is 9.17. The Morgan fingerprint density at radius 1 is 1.26 bits per heavy atom. The lowest BCUT2D eigenvalue weighted by Gasteiger charge is -2.30. The van der Waals surface area contributed by atoms with Crippen LogP contribution >= 0.6 is 11.3 Å². The maximum absolute atomic E-state index is 13.9. The number of amides is 1. The number of rotatable bonds is 6. The molecule has 0 spiro atoms. The molecule has 7 nitrogen and oxygen atoms in total. The number of carbonyl (C=O) groups excluding carboxylic acids is 2. The number of ether oxygens (including phenoxy) is 2. The first-order valence-electron chi connectivity index (χ1n) is 9.97. The predicted molar refractivity (Wildman–Crippen MR) is 114 cm³/mol. The second-order valence-corrected chi connectivity index (χ2v) is 8.29. The summed E-state index contributed by atoms with van der Waals surface area (Å²) < 4.78 is 24.5. The van der Waals surface area contributed by atoms with E-state index in [0.717, 1.165) is 24.0 Å². The maximum atomic E-state index is 13.9. The van der Waals surface area contributed by atoms with Gasteiger partial charge in [-0.1, -0.05) is 6.07 Å². The van der Waals surface area contributed by atoms with Crippen LogP contribution in [0.5, 0.6) is 5.75 Å². The normalized spacial score (nSPS) is 21.6. The van der Waals surface area contributed by atoms with Gasteiger partial charge in [-0.15, -0.1) is 11.3 Å². The van der Waals surface area contributed by atoms with Crippen molar-refractivity contribution < 1.29 is 28.6 Å². The van der Waals surface area contributed by atoms with Crippen LogP contribution in [0.3, 0.4) is 0 Å². The number of morpholine rings is 1. The van der Waals surface area contributed by atoms with Gasteiger partial charge in [-0.2, -0.15) is 0 Å². The van der Waals surface area contributed by atoms with Crippen LogP contribution in [0, 0.1) is 5.82 Å². The van der Waals surface area contributed by atoms with Crippen molar-refractivity contribution in [2.75, 3.05) is 46.5 Å². The molecule has 0 aliphatic carbocycles. The zero-order chi connectivity index (χ0) is 22.0. The molecule has 1 N–H and O–H groups in total. The highest BCUT2D eigenvalue weighted by Crippen LogP contribution is 2.42. The van der Waals surface area contributed by atoms with Crippen molar-refractivity contribution in [2.45, 2.75) is 6.04 Å². The van der Waals surface area contributed by atoms with Gasteiger partial charge in [0.25, 0.3) is 11.7 Å². The average molecular weight is 447 g/mol. The molecule has 31 heavy (non-hydrogen) atoms. The molecule has 164 valence electrons. The summed E-state index contributed by atoms with van der Waals surface area (Å²) in [7, 11) is 1.39. The number of Topliss-reactive ketones (excluding diaryl/α,β-unsaturated/α-hetero) is 1. The highest BCUT2D eigenvalue weighted by molar-refractivity contribution is 7.10. The van der Waals surface area contributed by atoms with Crippen molar-refractivity contribution >= 4 is 28.8 Å². The number of thiophene rings is 1. The second-order valence-electron chi connectivity index (χ2n) is 7.31. The van der Waals surface area contributed by atoms with Gasteiger partial charge in [-0.05, 0) is 29.6 Å². The van der Waals surface area contributed by atoms with Gasteiger partial charge in [0, 0.05) is 31.1 Å². The standard InChI is InChI=1S/C22H23FN2O5S/c1-29-16-5-4-14(23)13-15(16)20(26)18-19(17-3-2-12-31-17)25(22(28)21(18)27)7-6-24-8-10-30-11-9-24/h2-5,12-13,19,26H,6-11H2,1H3/t19-/m0/s1. The van der Waals surface area contributed by atoms with E-state index in [-0.39, 0.29) is 16.9 Å². The van der Waals surface area contributed by atoms with Gasteiger partial charge in [0.1, 0.15) is 17.3 Å². The number of hydrogen-bond donors (Lipinski definition) is 1. The first-order chi connectivity index (χ1) is 15.0. The Labute approximate surface area is 183 Å². The monoisotopic (exact) mass is 446 g/mol. The molecule has 0 saturated carbocycles. The molecule has 2 aromatic rings. The van der Waals surface area contributed by atoms with E-state index >= 15 is 0 Å². The molecule has 2 aliphatic rings. The van der Waals surface area contributed by atoms with Crippen LogP contribution in [0.15, 0.2) is 41.3 Å². The molecule has 1 atom stereocenters. The molecule has 0 unspecified atom stereocenters. The van der Waals surface area contributed by atoms with Crippen molar-refractivity contribution in [3.63, 3.8) is 0 Å². The van der Waals surface area contributed by atoms with Crippen LogP contribution in [0.25, 0.3) is 5.76 Å². The fraction of sp³-hybridized carbons (Fsp3) is 0.364. The fourth-order valence-electron chi connectivity index (χ4n) is 3.94. The maximum Gasteiger partial charge on any atom is 0.295 e. The first-order valence-corrected chi connectivity index (χ1v) is 10.8. The number of aliphatic hydroxyl groups excluding tert-OH is 1. The summed E-state index contributed by atoms with van der Waals surface area (Å²) in [6.07, 6.45) is 0. The van der Waals surface area contributed by atoms with Crippen molar-refractivity contribution in [3.05, 3.63) is 57.5 Å². The fourth-order valence-corrected chi connectivity index (χ4v) is 4.78. The van der Waals surface area contributed by atoms with E-state index in [4.69, 9.17) is 9.47 Å². The summed E-state index contributed by atoms with van der Waals surface area (Å²) in [6, 6.07) is 6.57. The lowest BCUT2D eigenvalue weighted by Crippen LogP contribution is -2.42. The highest BCUT2D eigenvalue weighted by atomic mass is 32.1. The Bertz CT molecular complexity index is 1000. The molecule has 3 heterocycles. The number of halogens is 1. The minimum absolute atomic E-state index is 0.0373. The molecule has 2 aliphatic heterocycles. The average Bonchev–Trinajstić information content (AvgIpc) is 3.40. The van der Waals surface area contributed by atoms with Gasteiger partial charge in [0.15, 0.2) is 0 Å². The quantitative estimate of drug-likeness (QED) is 0.418. The summed E-state index contributed by atoms with van der Waals surface area (Å²) in [6.45, 7) is 3.69. The lowest BCUT2D eigenvalue weighted by atomic mass is 9.99. The number of benzene rings is 1. The molecular formula is C22H23FN2O5S. The first kappa shape index (κ1) is 21.5. The summed E-state index contributed by atoms with van der Waals surface area (Å²) in [5, 5.41) is 12.9. The number of likely N-dealkylation sites (tertiary alicyclic amines) is 1. The van der Waals surface area contributed by atoms with Crippen molar-refractivity contribution in [1.82, 2.24) is 9.80 Å². The number of ketones is 1. The van der Waals surface area contributed by atoms with E-state index in [1.54, 1.807) is 0 Å². The summed E-state index contributed by atoms with van der Waals surface area (Å²) >= 11 is 1.39. The molecule has 0 bridgehead atoms. The topological polar surface area (TPSA) is 79.3 Å². The smallest absolute Gasteiger partial charge is 0.295 e. The third kappa shape index (κ3) is 4.21. The zero-order valence-corrected chi connectivity index (χ0v) is 17.9. The highest BCUT2D eigenvalue weighted by Gasteiger charge is 2.46. The summed E-state index contributed by atoms with van der Waals surface area (Å²) in [5.41, 5.74) is -0.0198. The predicted octanol–water partition coefficient (Wildman–Crippen LogP) is 2.65. The van der Waals surface area contributed by atoms with E-state index in [2.05, 4.69) is 4.90 Å². The number of hydrogen-bond acceptors (Lipinski definition) is 7. The molecule has 9 heteroatoms. The molecule has 1 aromatic heterocycles. The minimum atomic E-state index is -0.788. The van der Waals surface area contributed by atoms with Gasteiger partial charge >= 0.3 is 0 Å². The van der Waals surface area contributed by atoms with Crippen LogP contribution in [-0.2, 0) is 14.3 Å². The Kier molecular flexibility index (Phi) is 6.35. The summed E-state index contributed by atoms with van der Waals surface area (Å²) in [5.74, 6) is -2.28. The van der Waals surface area contributed by atoms with E-state index in [0.29, 0.717) is 26.3 Å². The van der Waals surface area contributed by atoms with E-state index in [1.165, 1.54) is 35.5 Å². The largest absolute Gasteiger partial charge is 0.507 e. The summed E-state index contributed by atoms with van der Waals surface area (Å²) in [4.78, 5) is 30.3. The molecular weight excluding hydrogens is 423 g/mol. The number of nitrogens with zero attached hydrogens (tertiary/aromatic N) is 2.